The summed E-state index contributed by atoms with van der Waals surface area (Å²) in [7, 11) is 0. The lowest BCUT2D eigenvalue weighted by molar-refractivity contribution is -0.0626. The Labute approximate surface area is 120 Å². The van der Waals surface area contributed by atoms with E-state index in [1.165, 1.54) is 11.1 Å². The van der Waals surface area contributed by atoms with Crippen LogP contribution in [0.25, 0.3) is 0 Å². The van der Waals surface area contributed by atoms with Gasteiger partial charge in [-0.2, -0.15) is 0 Å². The zero-order valence-corrected chi connectivity index (χ0v) is 12.0. The molecule has 1 saturated heterocycles. The molecule has 0 saturated carbocycles. The first-order valence-electron chi connectivity index (χ1n) is 7.45. The van der Waals surface area contributed by atoms with E-state index in [1.54, 1.807) is 0 Å². The number of benzene rings is 1. The van der Waals surface area contributed by atoms with Crippen molar-refractivity contribution >= 4 is 0 Å². The van der Waals surface area contributed by atoms with Crippen LogP contribution in [0.5, 0.6) is 5.75 Å². The minimum atomic E-state index is -0.619. The van der Waals surface area contributed by atoms with Gasteiger partial charge in [0.2, 0.25) is 0 Å². The van der Waals surface area contributed by atoms with E-state index in [2.05, 4.69) is 30.4 Å². The molecule has 1 atom stereocenters. The molecule has 1 aromatic carbocycles. The molecule has 0 spiro atoms. The molecular weight excluding hydrogens is 254 g/mol. The van der Waals surface area contributed by atoms with Crippen LogP contribution in [0.2, 0.25) is 0 Å². The fourth-order valence-corrected chi connectivity index (χ4v) is 2.86. The molecule has 1 aromatic rings. The maximum atomic E-state index is 10.5. The second-order valence-corrected chi connectivity index (χ2v) is 5.90. The Morgan fingerprint density at radius 1 is 1.30 bits per heavy atom. The molecule has 0 aromatic heterocycles. The fraction of sp³-hybridized carbons (Fsp3) is 0.625. The van der Waals surface area contributed by atoms with Crippen molar-refractivity contribution in [3.05, 3.63) is 29.3 Å². The zero-order valence-electron chi connectivity index (χ0n) is 12.0. The first-order chi connectivity index (χ1) is 9.66. The summed E-state index contributed by atoms with van der Waals surface area (Å²) in [4.78, 5) is 0. The van der Waals surface area contributed by atoms with Crippen molar-refractivity contribution in [1.29, 1.82) is 0 Å². The summed E-state index contributed by atoms with van der Waals surface area (Å²) in [6, 6.07) is 6.61. The van der Waals surface area contributed by atoms with Crippen molar-refractivity contribution in [2.24, 2.45) is 0 Å². The van der Waals surface area contributed by atoms with Gasteiger partial charge in [-0.05, 0) is 24.1 Å². The third-order valence-corrected chi connectivity index (χ3v) is 4.37. The van der Waals surface area contributed by atoms with E-state index in [9.17, 15) is 5.11 Å². The van der Waals surface area contributed by atoms with E-state index in [0.29, 0.717) is 32.6 Å². The van der Waals surface area contributed by atoms with Crippen molar-refractivity contribution in [3.8, 4) is 5.75 Å². The van der Waals surface area contributed by atoms with Gasteiger partial charge in [-0.15, -0.1) is 0 Å². The van der Waals surface area contributed by atoms with Gasteiger partial charge >= 0.3 is 0 Å². The predicted molar refractivity (Wildman–Crippen MR) is 77.1 cm³/mol. The molecular formula is C16H23NO3. The lowest BCUT2D eigenvalue weighted by Gasteiger charge is -2.33. The van der Waals surface area contributed by atoms with Crippen molar-refractivity contribution in [3.63, 3.8) is 0 Å². The van der Waals surface area contributed by atoms with Crippen LogP contribution in [0.4, 0.5) is 0 Å². The molecule has 4 nitrogen and oxygen atoms in total. The maximum Gasteiger partial charge on any atom is 0.122 e. The van der Waals surface area contributed by atoms with Gasteiger partial charge in [0.1, 0.15) is 5.75 Å². The topological polar surface area (TPSA) is 50.7 Å². The second-order valence-electron chi connectivity index (χ2n) is 5.90. The summed E-state index contributed by atoms with van der Waals surface area (Å²) in [5.74, 6) is 1.02. The number of rotatable bonds is 4. The van der Waals surface area contributed by atoms with E-state index in [-0.39, 0.29) is 6.04 Å². The molecule has 0 radical (unpaired) electrons. The normalized spacial score (nSPS) is 22.1. The van der Waals surface area contributed by atoms with Gasteiger partial charge in [-0.3, -0.25) is 0 Å². The Balaban J connectivity index is 1.60. The summed E-state index contributed by atoms with van der Waals surface area (Å²) in [5, 5.41) is 13.9. The van der Waals surface area contributed by atoms with Crippen LogP contribution in [0.15, 0.2) is 18.2 Å². The molecule has 4 heteroatoms. The predicted octanol–water partition coefficient (Wildman–Crippen LogP) is 1.81. The molecule has 1 fully saturated rings. The SMILES string of the molecule is CC(NCC1(O)CCOCC1)c1ccc2c(c1)CCO2. The van der Waals surface area contributed by atoms with E-state index < -0.39 is 5.60 Å². The Morgan fingerprint density at radius 2 is 2.10 bits per heavy atom. The number of hydrogen-bond acceptors (Lipinski definition) is 4. The van der Waals surface area contributed by atoms with Gasteiger partial charge in [-0.25, -0.2) is 0 Å². The van der Waals surface area contributed by atoms with E-state index in [4.69, 9.17) is 9.47 Å². The van der Waals surface area contributed by atoms with Crippen molar-refractivity contribution in [2.45, 2.75) is 37.8 Å². The first-order valence-corrected chi connectivity index (χ1v) is 7.45. The summed E-state index contributed by atoms with van der Waals surface area (Å²) in [6.45, 7) is 4.86. The highest BCUT2D eigenvalue weighted by molar-refractivity contribution is 5.40. The molecule has 110 valence electrons. The molecule has 2 aliphatic heterocycles. The molecule has 3 rings (SSSR count). The zero-order chi connectivity index (χ0) is 14.0. The van der Waals surface area contributed by atoms with E-state index >= 15 is 0 Å². The molecule has 2 heterocycles. The Hall–Kier alpha value is -1.10. The summed E-state index contributed by atoms with van der Waals surface area (Å²) < 4.78 is 10.8. The van der Waals surface area contributed by atoms with Crippen LogP contribution in [0, 0.1) is 0 Å². The third kappa shape index (κ3) is 2.97. The van der Waals surface area contributed by atoms with Crippen LogP contribution in [-0.2, 0) is 11.2 Å². The molecule has 20 heavy (non-hydrogen) atoms. The second kappa shape index (κ2) is 5.72. The highest BCUT2D eigenvalue weighted by Gasteiger charge is 2.30. The van der Waals surface area contributed by atoms with Gasteiger partial charge in [0.25, 0.3) is 0 Å². The monoisotopic (exact) mass is 277 g/mol. The minimum absolute atomic E-state index is 0.229. The van der Waals surface area contributed by atoms with Crippen molar-refractivity contribution in [2.75, 3.05) is 26.4 Å². The van der Waals surface area contributed by atoms with Gasteiger partial charge in [0.05, 0.1) is 12.2 Å². The largest absolute Gasteiger partial charge is 0.493 e. The number of nitrogens with one attached hydrogen (secondary N) is 1. The maximum absolute atomic E-state index is 10.5. The number of ether oxygens (including phenoxy) is 2. The van der Waals surface area contributed by atoms with E-state index in [1.807, 2.05) is 0 Å². The molecule has 0 amide bonds. The lowest BCUT2D eigenvalue weighted by Crippen LogP contribution is -2.45. The highest BCUT2D eigenvalue weighted by Crippen LogP contribution is 2.28. The van der Waals surface area contributed by atoms with Crippen LogP contribution in [0.3, 0.4) is 0 Å². The molecule has 2 N–H and O–H groups in total. The van der Waals surface area contributed by atoms with Crippen LogP contribution in [-0.4, -0.2) is 37.1 Å². The molecule has 1 unspecified atom stereocenters. The van der Waals surface area contributed by atoms with Crippen LogP contribution in [0.1, 0.15) is 36.9 Å². The fourth-order valence-electron chi connectivity index (χ4n) is 2.86. The standard InChI is InChI=1S/C16H23NO3/c1-12(17-11-16(18)5-8-19-9-6-16)13-2-3-15-14(10-13)4-7-20-15/h2-3,10,12,17-18H,4-9,11H2,1H3. The summed E-state index contributed by atoms with van der Waals surface area (Å²) in [5.41, 5.74) is 1.93. The summed E-state index contributed by atoms with van der Waals surface area (Å²) >= 11 is 0. The summed E-state index contributed by atoms with van der Waals surface area (Å²) in [6.07, 6.45) is 2.42. The smallest absolute Gasteiger partial charge is 0.122 e. The molecule has 0 bridgehead atoms. The quantitative estimate of drug-likeness (QED) is 0.881. The lowest BCUT2D eigenvalue weighted by atomic mass is 9.93. The Bertz CT molecular complexity index is 469. The first kappa shape index (κ1) is 13.9. The van der Waals surface area contributed by atoms with Crippen LogP contribution < -0.4 is 10.1 Å². The van der Waals surface area contributed by atoms with Crippen molar-refractivity contribution < 1.29 is 14.6 Å². The molecule has 2 aliphatic rings. The van der Waals surface area contributed by atoms with Gasteiger partial charge in [0, 0.05) is 45.1 Å². The van der Waals surface area contributed by atoms with E-state index in [0.717, 1.165) is 18.8 Å². The Kier molecular flexibility index (Phi) is 3.96. The number of hydrogen-bond donors (Lipinski definition) is 2. The average Bonchev–Trinajstić information content (AvgIpc) is 2.93. The van der Waals surface area contributed by atoms with Gasteiger partial charge in [0.15, 0.2) is 0 Å². The number of aliphatic hydroxyl groups is 1. The number of fused-ring (bicyclic) bond motifs is 1. The third-order valence-electron chi connectivity index (χ3n) is 4.37. The van der Waals surface area contributed by atoms with Crippen molar-refractivity contribution in [1.82, 2.24) is 5.32 Å². The Morgan fingerprint density at radius 3 is 2.90 bits per heavy atom. The highest BCUT2D eigenvalue weighted by atomic mass is 16.5. The average molecular weight is 277 g/mol. The molecule has 0 aliphatic carbocycles. The van der Waals surface area contributed by atoms with Gasteiger partial charge < -0.3 is 19.9 Å². The van der Waals surface area contributed by atoms with Gasteiger partial charge in [-0.1, -0.05) is 12.1 Å². The minimum Gasteiger partial charge on any atom is -0.493 e. The van der Waals surface area contributed by atoms with Crippen LogP contribution >= 0.6 is 0 Å².